The van der Waals surface area contributed by atoms with Gasteiger partial charge in [-0.05, 0) is 73.4 Å². The van der Waals surface area contributed by atoms with Gasteiger partial charge in [0.25, 0.3) is 0 Å². The van der Waals surface area contributed by atoms with Crippen LogP contribution >= 0.6 is 0 Å². The lowest BCUT2D eigenvalue weighted by Crippen LogP contribution is -2.23. The number of carboxylic acids is 1. The predicted molar refractivity (Wildman–Crippen MR) is 132 cm³/mol. The number of nitrogens with zero attached hydrogens (tertiary/aromatic N) is 1. The molecule has 0 saturated heterocycles. The highest BCUT2D eigenvalue weighted by Crippen LogP contribution is 2.32. The maximum Gasteiger partial charge on any atom is 0.335 e. The third-order valence-corrected chi connectivity index (χ3v) is 6.05. The lowest BCUT2D eigenvalue weighted by molar-refractivity contribution is 0.0696. The molecule has 1 heterocycles. The van der Waals surface area contributed by atoms with Gasteiger partial charge >= 0.3 is 5.97 Å². The molecule has 0 radical (unpaired) electrons. The Bertz CT molecular complexity index is 1320. The minimum Gasteiger partial charge on any atom is -0.497 e. The molecule has 168 valence electrons. The highest BCUT2D eigenvalue weighted by Gasteiger charge is 2.17. The first kappa shape index (κ1) is 22.5. The molecular formula is C28H28N2O3. The van der Waals surface area contributed by atoms with Gasteiger partial charge in [-0.2, -0.15) is 0 Å². The first-order valence-corrected chi connectivity index (χ1v) is 11.0. The van der Waals surface area contributed by atoms with E-state index in [4.69, 9.17) is 9.72 Å². The first-order valence-electron chi connectivity index (χ1n) is 11.0. The lowest BCUT2D eigenvalue weighted by Gasteiger charge is -2.22. The number of pyridine rings is 1. The van der Waals surface area contributed by atoms with E-state index in [2.05, 4.69) is 31.3 Å². The monoisotopic (exact) mass is 440 g/mol. The number of carboxylic acid groups (broad SMARTS) is 1. The average molecular weight is 441 g/mol. The van der Waals surface area contributed by atoms with Gasteiger partial charge in [0.05, 0.1) is 23.9 Å². The molecule has 0 fully saturated rings. The number of rotatable bonds is 7. The number of nitrogens with one attached hydrogen (secondary N) is 1. The summed E-state index contributed by atoms with van der Waals surface area (Å²) in [4.78, 5) is 16.6. The van der Waals surface area contributed by atoms with E-state index in [-0.39, 0.29) is 12.1 Å². The van der Waals surface area contributed by atoms with Crippen LogP contribution in [0.2, 0.25) is 0 Å². The number of aryl methyl sites for hydroxylation is 1. The first-order chi connectivity index (χ1) is 15.9. The summed E-state index contributed by atoms with van der Waals surface area (Å²) in [5.41, 5.74) is 5.80. The summed E-state index contributed by atoms with van der Waals surface area (Å²) in [7, 11) is 1.67. The van der Waals surface area contributed by atoms with E-state index < -0.39 is 5.97 Å². The van der Waals surface area contributed by atoms with Crippen molar-refractivity contribution in [2.45, 2.75) is 32.9 Å². The molecule has 33 heavy (non-hydrogen) atoms. The fraction of sp³-hybridized carbons (Fsp3) is 0.214. The van der Waals surface area contributed by atoms with Crippen LogP contribution in [-0.4, -0.2) is 23.2 Å². The van der Waals surface area contributed by atoms with Gasteiger partial charge in [-0.15, -0.1) is 0 Å². The number of fused-ring (bicyclic) bond motifs is 1. The van der Waals surface area contributed by atoms with Crippen molar-refractivity contribution in [1.29, 1.82) is 0 Å². The van der Waals surface area contributed by atoms with Crippen LogP contribution in [0.3, 0.4) is 0 Å². The second kappa shape index (κ2) is 9.43. The highest BCUT2D eigenvalue weighted by atomic mass is 16.5. The molecule has 1 unspecified atom stereocenters. The second-order valence-corrected chi connectivity index (χ2v) is 8.33. The van der Waals surface area contributed by atoms with Crippen molar-refractivity contribution < 1.29 is 14.6 Å². The number of hydrogen-bond acceptors (Lipinski definition) is 4. The highest BCUT2D eigenvalue weighted by molar-refractivity contribution is 5.97. The van der Waals surface area contributed by atoms with Gasteiger partial charge in [-0.3, -0.25) is 4.98 Å². The fourth-order valence-corrected chi connectivity index (χ4v) is 4.14. The fourth-order valence-electron chi connectivity index (χ4n) is 4.14. The van der Waals surface area contributed by atoms with Crippen molar-refractivity contribution in [1.82, 2.24) is 10.3 Å². The van der Waals surface area contributed by atoms with Gasteiger partial charge in [0.15, 0.2) is 0 Å². The summed E-state index contributed by atoms with van der Waals surface area (Å²) in [5, 5.41) is 14.2. The van der Waals surface area contributed by atoms with E-state index in [1.807, 2.05) is 61.5 Å². The van der Waals surface area contributed by atoms with Crippen LogP contribution in [0.5, 0.6) is 5.75 Å². The zero-order valence-corrected chi connectivity index (χ0v) is 19.3. The number of aromatic nitrogens is 1. The van der Waals surface area contributed by atoms with E-state index in [0.717, 1.165) is 44.6 Å². The summed E-state index contributed by atoms with van der Waals surface area (Å²) in [6.07, 6.45) is 0. The molecule has 4 aromatic rings. The number of benzene rings is 3. The van der Waals surface area contributed by atoms with E-state index in [9.17, 15) is 9.90 Å². The number of aromatic carboxylic acids is 1. The van der Waals surface area contributed by atoms with Crippen LogP contribution in [0.25, 0.3) is 22.0 Å². The Hall–Kier alpha value is -3.70. The molecule has 5 heteroatoms. The molecule has 0 saturated carbocycles. The Kier molecular flexibility index (Phi) is 6.43. The number of carbonyl (C=O) groups is 1. The maximum absolute atomic E-state index is 11.7. The molecule has 0 aliphatic carbocycles. The molecule has 0 bridgehead atoms. The van der Waals surface area contributed by atoms with Gasteiger partial charge in [0, 0.05) is 17.5 Å². The zero-order valence-electron chi connectivity index (χ0n) is 19.3. The van der Waals surface area contributed by atoms with Gasteiger partial charge in [0.2, 0.25) is 0 Å². The average Bonchev–Trinajstić information content (AvgIpc) is 2.83. The number of ether oxygens (including phenoxy) is 1. The molecule has 2 N–H and O–H groups in total. The van der Waals surface area contributed by atoms with Crippen LogP contribution in [0.4, 0.5) is 0 Å². The van der Waals surface area contributed by atoms with Gasteiger partial charge in [0.1, 0.15) is 5.75 Å². The minimum absolute atomic E-state index is 0.0288. The quantitative estimate of drug-likeness (QED) is 0.351. The largest absolute Gasteiger partial charge is 0.497 e. The van der Waals surface area contributed by atoms with Crippen LogP contribution in [0, 0.1) is 6.92 Å². The topological polar surface area (TPSA) is 71.5 Å². The second-order valence-electron chi connectivity index (χ2n) is 8.33. The molecular weight excluding hydrogens is 412 g/mol. The molecule has 5 nitrogen and oxygen atoms in total. The van der Waals surface area contributed by atoms with Crippen molar-refractivity contribution in [3.63, 3.8) is 0 Å². The third-order valence-electron chi connectivity index (χ3n) is 6.05. The number of hydrogen-bond donors (Lipinski definition) is 2. The molecule has 4 rings (SSSR count). The molecule has 2 atom stereocenters. The van der Waals surface area contributed by atoms with E-state index in [1.54, 1.807) is 13.2 Å². The number of para-hydroxylation sites is 1. The Labute approximate surface area is 194 Å². The normalized spacial score (nSPS) is 13.0. The Balaban J connectivity index is 1.73. The lowest BCUT2D eigenvalue weighted by atomic mass is 9.95. The van der Waals surface area contributed by atoms with Crippen molar-refractivity contribution in [3.05, 3.63) is 95.2 Å². The predicted octanol–water partition coefficient (Wildman–Crippen LogP) is 6.33. The Morgan fingerprint density at radius 1 is 0.970 bits per heavy atom. The molecule has 0 aliphatic rings. The summed E-state index contributed by atoms with van der Waals surface area (Å²) < 4.78 is 5.36. The van der Waals surface area contributed by atoms with Crippen molar-refractivity contribution in [2.24, 2.45) is 0 Å². The summed E-state index contributed by atoms with van der Waals surface area (Å²) in [6, 6.07) is 23.7. The van der Waals surface area contributed by atoms with E-state index >= 15 is 0 Å². The number of methoxy groups -OCH3 is 1. The molecule has 1 aromatic heterocycles. The SMILES string of the molecule is COc1cccc([C@@H](C)NC(C)c2cc(-c3ccc(C)c(C(=O)O)c3)c3ccccc3n2)c1. The summed E-state index contributed by atoms with van der Waals surface area (Å²) in [5.74, 6) is -0.0939. The van der Waals surface area contributed by atoms with Gasteiger partial charge in [-0.1, -0.05) is 42.5 Å². The van der Waals surface area contributed by atoms with Crippen molar-refractivity contribution in [2.75, 3.05) is 7.11 Å². The van der Waals surface area contributed by atoms with Crippen LogP contribution in [0.1, 0.15) is 53.1 Å². The van der Waals surface area contributed by atoms with Crippen LogP contribution in [-0.2, 0) is 0 Å². The Morgan fingerprint density at radius 3 is 2.52 bits per heavy atom. The van der Waals surface area contributed by atoms with Gasteiger partial charge in [-0.25, -0.2) is 4.79 Å². The standard InChI is InChI=1S/C28H28N2O3/c1-17-12-13-21(15-24(17)28(31)32)25-16-27(30-26-11-6-5-10-23(25)26)19(3)29-18(2)20-8-7-9-22(14-20)33-4/h5-16,18-19,29H,1-4H3,(H,31,32)/t18-,19?/m1/s1. The zero-order chi connectivity index (χ0) is 23.5. The smallest absolute Gasteiger partial charge is 0.335 e. The van der Waals surface area contributed by atoms with Crippen molar-refractivity contribution in [3.8, 4) is 16.9 Å². The van der Waals surface area contributed by atoms with E-state index in [0.29, 0.717) is 5.56 Å². The summed E-state index contributed by atoms with van der Waals surface area (Å²) in [6.45, 7) is 6.02. The van der Waals surface area contributed by atoms with Crippen molar-refractivity contribution >= 4 is 16.9 Å². The third kappa shape index (κ3) is 4.73. The maximum atomic E-state index is 11.7. The molecule has 0 spiro atoms. The van der Waals surface area contributed by atoms with Crippen LogP contribution in [0.15, 0.2) is 72.8 Å². The van der Waals surface area contributed by atoms with Crippen LogP contribution < -0.4 is 10.1 Å². The van der Waals surface area contributed by atoms with E-state index in [1.165, 1.54) is 0 Å². The Morgan fingerprint density at radius 2 is 1.76 bits per heavy atom. The molecule has 0 aliphatic heterocycles. The summed E-state index contributed by atoms with van der Waals surface area (Å²) >= 11 is 0. The minimum atomic E-state index is -0.921. The van der Waals surface area contributed by atoms with Gasteiger partial charge < -0.3 is 15.2 Å². The molecule has 3 aromatic carbocycles. The molecule has 0 amide bonds.